The van der Waals surface area contributed by atoms with E-state index in [4.69, 9.17) is 18.9 Å². The van der Waals surface area contributed by atoms with Crippen LogP contribution >= 0.6 is 0 Å². The molecule has 98 heavy (non-hydrogen) atoms. The zero-order chi connectivity index (χ0) is 71.1. The minimum Gasteiger partial charge on any atom is -0.545 e. The zero-order valence-electron chi connectivity index (χ0n) is 66.7. The molecule has 9 heteroatoms. The second kappa shape index (κ2) is 80.5. The van der Waals surface area contributed by atoms with Gasteiger partial charge in [-0.2, -0.15) is 0 Å². The van der Waals surface area contributed by atoms with Gasteiger partial charge in [0.05, 0.1) is 40.3 Å². The van der Waals surface area contributed by atoms with E-state index >= 15 is 0 Å². The molecule has 0 aromatic rings. The summed E-state index contributed by atoms with van der Waals surface area (Å²) in [6.45, 7) is 4.84. The topological polar surface area (TPSA) is 111 Å². The van der Waals surface area contributed by atoms with Gasteiger partial charge in [0.1, 0.15) is 13.2 Å². The van der Waals surface area contributed by atoms with Crippen molar-refractivity contribution in [3.05, 3.63) is 24.3 Å². The maximum absolute atomic E-state index is 13.0. The van der Waals surface area contributed by atoms with Gasteiger partial charge in [0, 0.05) is 12.8 Å². The fourth-order valence-corrected chi connectivity index (χ4v) is 13.8. The van der Waals surface area contributed by atoms with E-state index in [1.54, 1.807) is 0 Å². The minimum absolute atomic E-state index is 0.153. The summed E-state index contributed by atoms with van der Waals surface area (Å²) in [5.74, 6) is -2.24. The number of hydrogen-bond acceptors (Lipinski definition) is 8. The number of aliphatic carboxylic acids is 1. The van der Waals surface area contributed by atoms with Gasteiger partial charge in [0.15, 0.2) is 12.4 Å². The van der Waals surface area contributed by atoms with Crippen LogP contribution in [0.15, 0.2) is 24.3 Å². The second-order valence-electron chi connectivity index (χ2n) is 31.5. The summed E-state index contributed by atoms with van der Waals surface area (Å²) in [4.78, 5) is 37.7. The van der Waals surface area contributed by atoms with Crippen LogP contribution in [-0.4, -0.2) is 82.3 Å². The Morgan fingerprint density at radius 2 is 0.551 bits per heavy atom. The smallest absolute Gasteiger partial charge is 0.306 e. The maximum Gasteiger partial charge on any atom is 0.306 e. The minimum atomic E-state index is -1.62. The van der Waals surface area contributed by atoms with Gasteiger partial charge in [0.25, 0.3) is 0 Å². The number of likely N-dealkylation sites (N-methyl/N-ethyl adjacent to an activating group) is 1. The molecule has 0 aliphatic rings. The van der Waals surface area contributed by atoms with Crippen molar-refractivity contribution in [3.63, 3.8) is 0 Å². The molecular weight excluding hydrogens is 1210 g/mol. The van der Waals surface area contributed by atoms with E-state index in [1.807, 2.05) is 21.1 Å². The number of rotatable bonds is 84. The zero-order valence-corrected chi connectivity index (χ0v) is 66.7. The third-order valence-electron chi connectivity index (χ3n) is 20.5. The third-order valence-corrected chi connectivity index (χ3v) is 20.5. The Labute approximate surface area is 611 Å². The van der Waals surface area contributed by atoms with Gasteiger partial charge < -0.3 is 33.3 Å². The number of carbonyl (C=O) groups excluding carboxylic acids is 3. The highest BCUT2D eigenvalue weighted by molar-refractivity contribution is 5.70. The van der Waals surface area contributed by atoms with Gasteiger partial charge in [0.2, 0.25) is 0 Å². The Hall–Kier alpha value is -2.23. The van der Waals surface area contributed by atoms with E-state index in [1.165, 1.54) is 398 Å². The molecule has 9 nitrogen and oxygen atoms in total. The summed E-state index contributed by atoms with van der Waals surface area (Å²) in [5.41, 5.74) is 0. The van der Waals surface area contributed by atoms with Gasteiger partial charge in [-0.25, -0.2) is 0 Å². The molecule has 0 N–H and O–H groups in total. The molecule has 0 saturated heterocycles. The average Bonchev–Trinajstić information content (AvgIpc) is 1.38. The predicted molar refractivity (Wildman–Crippen MR) is 422 cm³/mol. The predicted octanol–water partition coefficient (Wildman–Crippen LogP) is 27.1. The first kappa shape index (κ1) is 95.8. The maximum atomic E-state index is 13.0. The molecule has 0 aliphatic carbocycles. The molecule has 0 aliphatic heterocycles. The summed E-state index contributed by atoms with van der Waals surface area (Å²) in [6.07, 6.45) is 101. The fraction of sp³-hybridized carbons (Fsp3) is 0.921. The number of quaternary nitrogens is 1. The lowest BCUT2D eigenvalue weighted by Gasteiger charge is -2.26. The van der Waals surface area contributed by atoms with E-state index in [9.17, 15) is 19.5 Å². The molecule has 0 rings (SSSR count). The number of carboxylic acids is 1. The molecule has 2 atom stereocenters. The number of hydrogen-bond donors (Lipinski definition) is 0. The number of nitrogens with zero attached hydrogens (tertiary/aromatic N) is 1. The molecule has 0 spiro atoms. The van der Waals surface area contributed by atoms with Crippen molar-refractivity contribution in [2.24, 2.45) is 0 Å². The first-order valence-corrected chi connectivity index (χ1v) is 44.0. The summed E-state index contributed by atoms with van der Waals surface area (Å²) in [6, 6.07) is 0. The quantitative estimate of drug-likeness (QED) is 0.0195. The lowest BCUT2D eigenvalue weighted by Crippen LogP contribution is -2.44. The van der Waals surface area contributed by atoms with Crippen LogP contribution < -0.4 is 5.11 Å². The van der Waals surface area contributed by atoms with Crippen molar-refractivity contribution in [3.8, 4) is 0 Å². The SMILES string of the molecule is CCCCCCC/C=C\C/C=C\CCCCCCCCCCCCCCCCCCCCCCCCCCCCCC(=O)OC(COC(=O)CCCCCCCCCCCCCCCCCCCCCCCCCCCCCCCCCCCC)COC(OCC[N+](C)(C)C)C(=O)[O-]. The first-order chi connectivity index (χ1) is 48.1. The monoisotopic (exact) mass is 1380 g/mol. The highest BCUT2D eigenvalue weighted by atomic mass is 16.7. The summed E-state index contributed by atoms with van der Waals surface area (Å²) in [7, 11) is 5.96. The number of carbonyl (C=O) groups is 3. The van der Waals surface area contributed by atoms with Crippen LogP contribution in [0.25, 0.3) is 0 Å². The number of allylic oxidation sites excluding steroid dienone is 4. The van der Waals surface area contributed by atoms with Crippen LogP contribution in [0.2, 0.25) is 0 Å². The lowest BCUT2D eigenvalue weighted by atomic mass is 10.0. The molecule has 0 fully saturated rings. The molecule has 0 heterocycles. The Morgan fingerprint density at radius 1 is 0.306 bits per heavy atom. The molecule has 0 radical (unpaired) electrons. The van der Waals surface area contributed by atoms with Gasteiger partial charge in [-0.1, -0.05) is 436 Å². The van der Waals surface area contributed by atoms with Crippen molar-refractivity contribution < 1.29 is 42.9 Å². The van der Waals surface area contributed by atoms with Crippen molar-refractivity contribution in [1.82, 2.24) is 0 Å². The Morgan fingerprint density at radius 3 is 0.806 bits per heavy atom. The third kappa shape index (κ3) is 81.1. The molecule has 0 aromatic carbocycles. The van der Waals surface area contributed by atoms with E-state index in [0.29, 0.717) is 17.4 Å². The van der Waals surface area contributed by atoms with Crippen molar-refractivity contribution >= 4 is 17.9 Å². The molecule has 0 bridgehead atoms. The van der Waals surface area contributed by atoms with Gasteiger partial charge in [-0.15, -0.1) is 0 Å². The van der Waals surface area contributed by atoms with Crippen LogP contribution in [-0.2, 0) is 33.3 Å². The van der Waals surface area contributed by atoms with E-state index in [-0.39, 0.29) is 32.2 Å². The van der Waals surface area contributed by atoms with E-state index in [2.05, 4.69) is 38.2 Å². The fourth-order valence-electron chi connectivity index (χ4n) is 13.8. The largest absolute Gasteiger partial charge is 0.545 e. The van der Waals surface area contributed by atoms with Crippen molar-refractivity contribution in [2.75, 3.05) is 47.5 Å². The molecule has 0 saturated carbocycles. The summed E-state index contributed by atoms with van der Waals surface area (Å²) < 4.78 is 22.9. The summed E-state index contributed by atoms with van der Waals surface area (Å²) >= 11 is 0. The normalized spacial score (nSPS) is 12.6. The van der Waals surface area contributed by atoms with E-state index < -0.39 is 24.3 Å². The van der Waals surface area contributed by atoms with Gasteiger partial charge in [-0.05, 0) is 44.9 Å². The lowest BCUT2D eigenvalue weighted by molar-refractivity contribution is -0.870. The first-order valence-electron chi connectivity index (χ1n) is 44.0. The average molecular weight is 1380 g/mol. The number of unbranched alkanes of at least 4 members (excludes halogenated alkanes) is 65. The molecule has 580 valence electrons. The number of esters is 2. The van der Waals surface area contributed by atoms with Crippen LogP contribution in [0.4, 0.5) is 0 Å². The van der Waals surface area contributed by atoms with Gasteiger partial charge in [-0.3, -0.25) is 9.59 Å². The Balaban J connectivity index is 3.90. The highest BCUT2D eigenvalue weighted by Crippen LogP contribution is 2.21. The van der Waals surface area contributed by atoms with Gasteiger partial charge >= 0.3 is 11.9 Å². The van der Waals surface area contributed by atoms with Crippen LogP contribution in [0.5, 0.6) is 0 Å². The van der Waals surface area contributed by atoms with Crippen LogP contribution in [0, 0.1) is 0 Å². The number of ether oxygens (including phenoxy) is 4. The van der Waals surface area contributed by atoms with E-state index in [0.717, 1.165) is 44.9 Å². The molecule has 2 unspecified atom stereocenters. The molecule has 0 amide bonds. The van der Waals surface area contributed by atoms with Crippen molar-refractivity contribution in [2.45, 2.75) is 482 Å². The highest BCUT2D eigenvalue weighted by Gasteiger charge is 2.22. The molecule has 0 aromatic heterocycles. The van der Waals surface area contributed by atoms with Crippen LogP contribution in [0.3, 0.4) is 0 Å². The standard InChI is InChI=1S/C89H171NO8/c1-6-8-10-12-14-16-18-20-22-24-26-28-30-32-34-36-38-40-42-43-44-45-46-48-50-52-54-56-58-60-62-64-66-68-70-72-74-76-78-80-87(92)98-85(84-97-89(88(93)94)95-82-81-90(3,4)5)83-96-86(91)79-77-75-73-71-69-67-65-63-61-59-57-55-53-51-49-47-41-39-37-35-33-31-29-27-25-23-21-19-17-15-13-11-9-7-2/h18,20,24,26,85,89H,6-17,19,21-23,25,27-84H2,1-5H3/b20-18-,26-24-. The van der Waals surface area contributed by atoms with Crippen LogP contribution in [0.1, 0.15) is 470 Å². The Bertz CT molecular complexity index is 1660. The Kier molecular flexibility index (Phi) is 78.6. The summed E-state index contributed by atoms with van der Waals surface area (Å²) in [5, 5.41) is 11.9. The number of carboxylic acid groups (broad SMARTS) is 1. The second-order valence-corrected chi connectivity index (χ2v) is 31.5. The van der Waals surface area contributed by atoms with Crippen molar-refractivity contribution in [1.29, 1.82) is 0 Å². The molecular formula is C89H171NO8.